The monoisotopic (exact) mass is 384 g/mol. The van der Waals surface area contributed by atoms with E-state index in [2.05, 4.69) is 32.9 Å². The van der Waals surface area contributed by atoms with E-state index in [0.717, 1.165) is 6.42 Å². The molecule has 0 bridgehead atoms. The minimum atomic E-state index is -0.305. The summed E-state index contributed by atoms with van der Waals surface area (Å²) in [4.78, 5) is 36.7. The number of aromatic nitrogens is 2. The molecule has 1 aliphatic rings. The van der Waals surface area contributed by atoms with Gasteiger partial charge >= 0.3 is 0 Å². The molecule has 28 heavy (non-hydrogen) atoms. The van der Waals surface area contributed by atoms with Crippen LogP contribution in [0.3, 0.4) is 0 Å². The first-order valence-corrected chi connectivity index (χ1v) is 9.09. The average molecular weight is 384 g/mol. The summed E-state index contributed by atoms with van der Waals surface area (Å²) in [7, 11) is 0. The van der Waals surface area contributed by atoms with Gasteiger partial charge in [-0.2, -0.15) is 0 Å². The number of carbonyl (C=O) groups excluding carboxylic acids is 1. The molecule has 0 saturated heterocycles. The fraction of sp³-hybridized carbons (Fsp3) is 0.368. The van der Waals surface area contributed by atoms with E-state index in [0.29, 0.717) is 23.0 Å². The van der Waals surface area contributed by atoms with Crippen LogP contribution in [0.5, 0.6) is 0 Å². The molecule has 0 radical (unpaired) electrons. The highest BCUT2D eigenvalue weighted by atomic mass is 16.6. The maximum atomic E-state index is 12.4. The minimum absolute atomic E-state index is 0.0679. The topological polar surface area (TPSA) is 146 Å². The molecule has 2 atom stereocenters. The van der Waals surface area contributed by atoms with Gasteiger partial charge in [-0.15, -0.1) is 0 Å². The minimum Gasteiger partial charge on any atom is -0.368 e. The quantitative estimate of drug-likeness (QED) is 0.193. The normalized spacial score (nSPS) is 17.8. The van der Waals surface area contributed by atoms with E-state index in [-0.39, 0.29) is 42.9 Å². The molecule has 2 unspecified atom stereocenters. The second-order valence-electron chi connectivity index (χ2n) is 6.77. The number of amides is 1. The number of carbonyl (C=O) groups is 1. The van der Waals surface area contributed by atoms with Gasteiger partial charge in [0.25, 0.3) is 5.56 Å². The summed E-state index contributed by atoms with van der Waals surface area (Å²) in [5.41, 5.74) is 9.93. The zero-order valence-electron chi connectivity index (χ0n) is 15.6. The summed E-state index contributed by atoms with van der Waals surface area (Å²) in [5.74, 6) is -0.152. The van der Waals surface area contributed by atoms with Gasteiger partial charge in [0.1, 0.15) is 5.69 Å². The van der Waals surface area contributed by atoms with Crippen molar-refractivity contribution in [2.24, 2.45) is 5.73 Å². The fourth-order valence-corrected chi connectivity index (χ4v) is 3.16. The van der Waals surface area contributed by atoms with Crippen LogP contribution in [-0.4, -0.2) is 35.0 Å². The number of aromatic amines is 1. The number of hydrogen-bond donors (Lipinski definition) is 5. The molecule has 0 spiro atoms. The smallest absolute Gasteiger partial charge is 0.270 e. The van der Waals surface area contributed by atoms with Crippen molar-refractivity contribution in [3.63, 3.8) is 0 Å². The molecular weight excluding hydrogens is 360 g/mol. The van der Waals surface area contributed by atoms with Gasteiger partial charge in [-0.1, -0.05) is 30.3 Å². The maximum absolute atomic E-state index is 12.4. The van der Waals surface area contributed by atoms with Gasteiger partial charge < -0.3 is 16.0 Å². The summed E-state index contributed by atoms with van der Waals surface area (Å²) in [6.07, 6.45) is 0.952. The molecule has 9 heteroatoms. The molecule has 1 amide bonds. The van der Waals surface area contributed by atoms with Crippen molar-refractivity contribution in [1.82, 2.24) is 20.8 Å². The van der Waals surface area contributed by atoms with Crippen LogP contribution < -0.4 is 22.1 Å². The highest BCUT2D eigenvalue weighted by Gasteiger charge is 2.42. The van der Waals surface area contributed by atoms with Crippen LogP contribution in [0.1, 0.15) is 40.9 Å². The fourth-order valence-electron chi connectivity index (χ4n) is 3.16. The van der Waals surface area contributed by atoms with Gasteiger partial charge in [0.05, 0.1) is 18.7 Å². The van der Waals surface area contributed by atoms with E-state index in [1.165, 1.54) is 5.56 Å². The Morgan fingerprint density at radius 1 is 1.36 bits per heavy atom. The number of nitrogens with one attached hydrogen (secondary N) is 4. The first-order chi connectivity index (χ1) is 13.5. The Morgan fingerprint density at radius 2 is 2.11 bits per heavy atom. The van der Waals surface area contributed by atoms with Gasteiger partial charge in [0.15, 0.2) is 0 Å². The molecular formula is C19H24N6O3. The number of H-pyrrole nitrogens is 1. The Bertz CT molecular complexity index is 912. The van der Waals surface area contributed by atoms with Crippen molar-refractivity contribution in [3.8, 4) is 0 Å². The van der Waals surface area contributed by atoms with Crippen LogP contribution in [0.15, 0.2) is 35.1 Å². The number of rotatable bonds is 8. The lowest BCUT2D eigenvalue weighted by atomic mass is 10.1. The summed E-state index contributed by atoms with van der Waals surface area (Å²) < 4.78 is 0. The van der Waals surface area contributed by atoms with E-state index in [4.69, 9.17) is 16.0 Å². The SMILES string of the molecule is Cc1[nH]c(=O)c(C2CC2c2ccccc2)nc1CC(=O)NCCONC(=N)N. The molecule has 1 saturated carbocycles. The van der Waals surface area contributed by atoms with Gasteiger partial charge in [-0.3, -0.25) is 19.8 Å². The third-order valence-corrected chi connectivity index (χ3v) is 4.63. The average Bonchev–Trinajstić information content (AvgIpc) is 3.44. The van der Waals surface area contributed by atoms with E-state index in [1.807, 2.05) is 18.2 Å². The molecule has 3 rings (SSSR count). The molecule has 1 aromatic heterocycles. The van der Waals surface area contributed by atoms with E-state index in [1.54, 1.807) is 6.92 Å². The second kappa shape index (κ2) is 8.66. The highest BCUT2D eigenvalue weighted by Crippen LogP contribution is 2.53. The zero-order valence-corrected chi connectivity index (χ0v) is 15.6. The highest BCUT2D eigenvalue weighted by molar-refractivity contribution is 5.78. The first-order valence-electron chi connectivity index (χ1n) is 9.09. The molecule has 1 heterocycles. The Morgan fingerprint density at radius 3 is 2.82 bits per heavy atom. The Kier molecular flexibility index (Phi) is 6.05. The van der Waals surface area contributed by atoms with E-state index in [9.17, 15) is 9.59 Å². The largest absolute Gasteiger partial charge is 0.368 e. The standard InChI is InChI=1S/C19H24N6O3/c1-11-15(10-16(26)22-7-8-28-25-19(20)21)24-17(18(27)23-11)14-9-13(14)12-5-3-2-4-6-12/h2-6,13-14H,7-10H2,1H3,(H,22,26)(H,23,27)(H4,20,21,25). The summed E-state index contributed by atoms with van der Waals surface area (Å²) >= 11 is 0. The van der Waals surface area contributed by atoms with Gasteiger partial charge in [-0.05, 0) is 24.8 Å². The predicted molar refractivity (Wildman–Crippen MR) is 104 cm³/mol. The van der Waals surface area contributed by atoms with E-state index < -0.39 is 0 Å². The predicted octanol–water partition coefficient (Wildman–Crippen LogP) is 0.423. The Hall–Kier alpha value is -3.20. The number of hydrogen-bond acceptors (Lipinski definition) is 5. The lowest BCUT2D eigenvalue weighted by Gasteiger charge is -2.09. The van der Waals surface area contributed by atoms with Crippen molar-refractivity contribution in [3.05, 3.63) is 63.3 Å². The Balaban J connectivity index is 1.60. The zero-order chi connectivity index (χ0) is 20.1. The molecule has 1 fully saturated rings. The number of benzene rings is 1. The van der Waals surface area contributed by atoms with E-state index >= 15 is 0 Å². The van der Waals surface area contributed by atoms with Crippen molar-refractivity contribution in [2.75, 3.05) is 13.2 Å². The van der Waals surface area contributed by atoms with Crippen LogP contribution >= 0.6 is 0 Å². The van der Waals surface area contributed by atoms with Gasteiger partial charge in [-0.25, -0.2) is 10.5 Å². The van der Waals surface area contributed by atoms with Crippen LogP contribution in [0.4, 0.5) is 0 Å². The third kappa shape index (κ3) is 4.95. The van der Waals surface area contributed by atoms with Crippen LogP contribution in [-0.2, 0) is 16.1 Å². The van der Waals surface area contributed by atoms with Crippen molar-refractivity contribution in [1.29, 1.82) is 5.41 Å². The molecule has 148 valence electrons. The molecule has 1 aliphatic carbocycles. The van der Waals surface area contributed by atoms with Gasteiger partial charge in [0, 0.05) is 18.2 Å². The molecule has 9 nitrogen and oxygen atoms in total. The van der Waals surface area contributed by atoms with Crippen LogP contribution in [0.2, 0.25) is 0 Å². The molecule has 0 aliphatic heterocycles. The summed E-state index contributed by atoms with van der Waals surface area (Å²) in [5, 5.41) is 9.65. The molecule has 6 N–H and O–H groups in total. The van der Waals surface area contributed by atoms with Crippen molar-refractivity contribution < 1.29 is 9.63 Å². The first kappa shape index (κ1) is 19.6. The lowest BCUT2D eigenvalue weighted by molar-refractivity contribution is -0.120. The second-order valence-corrected chi connectivity index (χ2v) is 6.77. The van der Waals surface area contributed by atoms with Crippen molar-refractivity contribution >= 4 is 11.9 Å². The van der Waals surface area contributed by atoms with Crippen molar-refractivity contribution in [2.45, 2.75) is 31.6 Å². The number of hydroxylamine groups is 1. The third-order valence-electron chi connectivity index (χ3n) is 4.63. The summed E-state index contributed by atoms with van der Waals surface area (Å²) in [6.45, 7) is 2.16. The van der Waals surface area contributed by atoms with Crippen LogP contribution in [0.25, 0.3) is 0 Å². The number of nitrogens with zero attached hydrogens (tertiary/aromatic N) is 1. The molecule has 1 aromatic carbocycles. The maximum Gasteiger partial charge on any atom is 0.270 e. The number of nitrogens with two attached hydrogens (primary N) is 1. The van der Waals surface area contributed by atoms with Crippen LogP contribution in [0, 0.1) is 12.3 Å². The summed E-state index contributed by atoms with van der Waals surface area (Å²) in [6, 6.07) is 10.1. The molecule has 2 aromatic rings. The van der Waals surface area contributed by atoms with Gasteiger partial charge in [0.2, 0.25) is 11.9 Å². The Labute approximate surface area is 162 Å². The lowest BCUT2D eigenvalue weighted by Crippen LogP contribution is -2.35. The number of aryl methyl sites for hydroxylation is 1. The number of guanidine groups is 1.